The second kappa shape index (κ2) is 8.77. The molecule has 0 spiro atoms. The molecule has 3 rings (SSSR count). The molecule has 2 fully saturated rings. The van der Waals surface area contributed by atoms with Gasteiger partial charge in [-0.1, -0.05) is 0 Å². The third-order valence-electron chi connectivity index (χ3n) is 5.02. The van der Waals surface area contributed by atoms with Crippen molar-refractivity contribution >= 4 is 28.5 Å². The van der Waals surface area contributed by atoms with E-state index in [4.69, 9.17) is 4.74 Å². The molecular weight excluding hydrogens is 354 g/mol. The molecule has 26 heavy (non-hydrogen) atoms. The van der Waals surface area contributed by atoms with Crippen molar-refractivity contribution in [2.45, 2.75) is 26.2 Å². The minimum Gasteiger partial charge on any atom is -0.384 e. The number of hydrogen-bond donors (Lipinski definition) is 0. The summed E-state index contributed by atoms with van der Waals surface area (Å²) in [7, 11) is 1.60. The smallest absolute Gasteiger partial charge is 0.227 e. The maximum atomic E-state index is 12.9. The Labute approximate surface area is 158 Å². The number of rotatable bonds is 5. The zero-order chi connectivity index (χ0) is 18.5. The normalized spacial score (nSPS) is 21.2. The first kappa shape index (κ1) is 19.0. The van der Waals surface area contributed by atoms with Crippen molar-refractivity contribution in [3.63, 3.8) is 0 Å². The summed E-state index contributed by atoms with van der Waals surface area (Å²) >= 11 is 1.40. The minimum atomic E-state index is 0.00343. The van der Waals surface area contributed by atoms with Gasteiger partial charge in [0.15, 0.2) is 0 Å². The summed E-state index contributed by atoms with van der Waals surface area (Å²) in [4.78, 5) is 35.4. The Kier molecular flexibility index (Phi) is 6.42. The highest BCUT2D eigenvalue weighted by Crippen LogP contribution is 2.26. The zero-order valence-corrected chi connectivity index (χ0v) is 16.3. The quantitative estimate of drug-likeness (QED) is 0.750. The number of methoxy groups -OCH3 is 1. The molecule has 3 heterocycles. The molecule has 2 amide bonds. The lowest BCUT2D eigenvalue weighted by Gasteiger charge is -2.39. The van der Waals surface area contributed by atoms with Crippen LogP contribution in [0.4, 0.5) is 5.13 Å². The molecule has 0 saturated carbocycles. The second-order valence-electron chi connectivity index (χ2n) is 6.86. The Balaban J connectivity index is 1.51. The molecule has 1 aromatic heterocycles. The summed E-state index contributed by atoms with van der Waals surface area (Å²) in [6.45, 7) is 6.43. The van der Waals surface area contributed by atoms with Crippen LogP contribution in [0.25, 0.3) is 0 Å². The molecule has 0 bridgehead atoms. The molecule has 9 heteroatoms. The molecule has 1 unspecified atom stereocenters. The molecule has 1 atom stereocenters. The molecule has 1 aromatic rings. The number of nitrogens with zero attached hydrogens (tertiary/aromatic N) is 5. The number of carbonyl (C=O) groups excluding carboxylic acids is 2. The van der Waals surface area contributed by atoms with Crippen molar-refractivity contribution in [1.82, 2.24) is 19.2 Å². The lowest BCUT2D eigenvalue weighted by atomic mass is 9.96. The molecular formula is C17H27N5O3S. The standard InChI is InChI=1S/C17H27N5O3S/c1-13-18-17(26-19-13)22-6-3-4-14(12-22)16(24)21-9-7-20(8-10-21)15(23)5-11-25-2/h14H,3-12H2,1-2H3. The summed E-state index contributed by atoms with van der Waals surface area (Å²) in [6, 6.07) is 0. The maximum Gasteiger partial charge on any atom is 0.227 e. The first-order valence-electron chi connectivity index (χ1n) is 9.19. The van der Waals surface area contributed by atoms with Gasteiger partial charge in [0.1, 0.15) is 5.82 Å². The number of carbonyl (C=O) groups is 2. The van der Waals surface area contributed by atoms with Crippen molar-refractivity contribution in [1.29, 1.82) is 0 Å². The van der Waals surface area contributed by atoms with E-state index in [9.17, 15) is 9.59 Å². The Hall–Kier alpha value is -1.74. The average Bonchev–Trinajstić information content (AvgIpc) is 3.12. The minimum absolute atomic E-state index is 0.00343. The zero-order valence-electron chi connectivity index (χ0n) is 15.5. The van der Waals surface area contributed by atoms with E-state index in [0.717, 1.165) is 30.3 Å². The molecule has 2 aliphatic heterocycles. The first-order valence-corrected chi connectivity index (χ1v) is 9.96. The Bertz CT molecular complexity index is 630. The highest BCUT2D eigenvalue weighted by Gasteiger charge is 2.32. The third-order valence-corrected chi connectivity index (χ3v) is 5.89. The molecule has 0 radical (unpaired) electrons. The van der Waals surface area contributed by atoms with Gasteiger partial charge >= 0.3 is 0 Å². The predicted molar refractivity (Wildman–Crippen MR) is 99.2 cm³/mol. The number of hydrogen-bond acceptors (Lipinski definition) is 7. The first-order chi connectivity index (χ1) is 12.6. The van der Waals surface area contributed by atoms with E-state index < -0.39 is 0 Å². The molecule has 0 aliphatic carbocycles. The Morgan fingerprint density at radius 1 is 1.19 bits per heavy atom. The number of anilines is 1. The van der Waals surface area contributed by atoms with E-state index in [1.807, 2.05) is 16.7 Å². The van der Waals surface area contributed by atoms with Gasteiger partial charge in [-0.15, -0.1) is 0 Å². The van der Waals surface area contributed by atoms with E-state index in [1.165, 1.54) is 11.5 Å². The van der Waals surface area contributed by atoms with Crippen LogP contribution in [0.15, 0.2) is 0 Å². The SMILES string of the molecule is COCCC(=O)N1CCN(C(=O)C2CCCN(c3nc(C)ns3)C2)CC1. The number of ether oxygens (including phenoxy) is 1. The van der Waals surface area contributed by atoms with Crippen molar-refractivity contribution in [3.8, 4) is 0 Å². The maximum absolute atomic E-state index is 12.9. The van der Waals surface area contributed by atoms with E-state index in [1.54, 1.807) is 7.11 Å². The second-order valence-corrected chi connectivity index (χ2v) is 7.59. The van der Waals surface area contributed by atoms with Crippen LogP contribution in [0.2, 0.25) is 0 Å². The topological polar surface area (TPSA) is 78.9 Å². The van der Waals surface area contributed by atoms with Crippen molar-refractivity contribution < 1.29 is 14.3 Å². The molecule has 144 valence electrons. The van der Waals surface area contributed by atoms with Crippen LogP contribution in [0.5, 0.6) is 0 Å². The Morgan fingerprint density at radius 3 is 2.58 bits per heavy atom. The Morgan fingerprint density at radius 2 is 1.92 bits per heavy atom. The highest BCUT2D eigenvalue weighted by atomic mass is 32.1. The van der Waals surface area contributed by atoms with Crippen LogP contribution in [-0.2, 0) is 14.3 Å². The van der Waals surface area contributed by atoms with Crippen LogP contribution >= 0.6 is 11.5 Å². The van der Waals surface area contributed by atoms with Crippen molar-refractivity contribution in [2.24, 2.45) is 5.92 Å². The third kappa shape index (κ3) is 4.50. The number of piperazine rings is 1. The number of aryl methyl sites for hydroxylation is 1. The molecule has 2 saturated heterocycles. The largest absolute Gasteiger partial charge is 0.384 e. The van der Waals surface area contributed by atoms with Crippen LogP contribution < -0.4 is 4.90 Å². The number of amides is 2. The van der Waals surface area contributed by atoms with Crippen LogP contribution in [-0.4, -0.2) is 84.0 Å². The van der Waals surface area contributed by atoms with Crippen molar-refractivity contribution in [3.05, 3.63) is 5.82 Å². The van der Waals surface area contributed by atoms with Crippen LogP contribution in [0.1, 0.15) is 25.1 Å². The molecule has 8 nitrogen and oxygen atoms in total. The van der Waals surface area contributed by atoms with Crippen LogP contribution in [0.3, 0.4) is 0 Å². The van der Waals surface area contributed by atoms with Crippen molar-refractivity contribution in [2.75, 3.05) is 57.9 Å². The van der Waals surface area contributed by atoms with E-state index in [2.05, 4.69) is 14.3 Å². The lowest BCUT2D eigenvalue weighted by Crippen LogP contribution is -2.53. The van der Waals surface area contributed by atoms with Gasteiger partial charge in [-0.3, -0.25) is 9.59 Å². The van der Waals surface area contributed by atoms with Gasteiger partial charge in [-0.05, 0) is 19.8 Å². The lowest BCUT2D eigenvalue weighted by molar-refractivity contribution is -0.142. The summed E-state index contributed by atoms with van der Waals surface area (Å²) in [5.74, 6) is 1.10. The van der Waals surface area contributed by atoms with Gasteiger partial charge in [-0.2, -0.15) is 4.37 Å². The van der Waals surface area contributed by atoms with Gasteiger partial charge in [0.2, 0.25) is 16.9 Å². The van der Waals surface area contributed by atoms with E-state index in [-0.39, 0.29) is 17.7 Å². The van der Waals surface area contributed by atoms with Gasteiger partial charge in [0, 0.05) is 57.9 Å². The predicted octanol–water partition coefficient (Wildman–Crippen LogP) is 0.770. The fraction of sp³-hybridized carbons (Fsp3) is 0.765. The average molecular weight is 382 g/mol. The molecule has 2 aliphatic rings. The molecule has 0 aromatic carbocycles. The van der Waals surface area contributed by atoms with Gasteiger partial charge in [0.05, 0.1) is 18.9 Å². The van der Waals surface area contributed by atoms with Gasteiger partial charge in [0.25, 0.3) is 0 Å². The fourth-order valence-corrected chi connectivity index (χ4v) is 4.26. The summed E-state index contributed by atoms with van der Waals surface area (Å²) in [5, 5.41) is 0.911. The van der Waals surface area contributed by atoms with Gasteiger partial charge in [-0.25, -0.2) is 4.98 Å². The van der Waals surface area contributed by atoms with Gasteiger partial charge < -0.3 is 19.4 Å². The summed E-state index contributed by atoms with van der Waals surface area (Å²) in [5.41, 5.74) is 0. The van der Waals surface area contributed by atoms with E-state index >= 15 is 0 Å². The number of piperidine rings is 1. The van der Waals surface area contributed by atoms with Crippen LogP contribution in [0, 0.1) is 12.8 Å². The summed E-state index contributed by atoms with van der Waals surface area (Å²) in [6.07, 6.45) is 2.31. The monoisotopic (exact) mass is 381 g/mol. The number of aromatic nitrogens is 2. The van der Waals surface area contributed by atoms with E-state index in [0.29, 0.717) is 45.8 Å². The fourth-order valence-electron chi connectivity index (χ4n) is 3.55. The highest BCUT2D eigenvalue weighted by molar-refractivity contribution is 7.09. The summed E-state index contributed by atoms with van der Waals surface area (Å²) < 4.78 is 9.21. The molecule has 0 N–H and O–H groups in total.